The Hall–Kier alpha value is -4.46. The van der Waals surface area contributed by atoms with E-state index in [0.29, 0.717) is 40.9 Å². The van der Waals surface area contributed by atoms with Gasteiger partial charge in [0.05, 0.1) is 45.1 Å². The van der Waals surface area contributed by atoms with Gasteiger partial charge < -0.3 is 24.1 Å². The van der Waals surface area contributed by atoms with Gasteiger partial charge in [-0.15, -0.1) is 0 Å². The number of rotatable bonds is 9. The Balaban J connectivity index is 1.91. The summed E-state index contributed by atoms with van der Waals surface area (Å²) in [5, 5.41) is 11.5. The highest BCUT2D eigenvalue weighted by molar-refractivity contribution is 6.51. The van der Waals surface area contributed by atoms with E-state index >= 15 is 0 Å². The van der Waals surface area contributed by atoms with Crippen LogP contribution in [0.3, 0.4) is 0 Å². The highest BCUT2D eigenvalue weighted by Crippen LogP contribution is 2.44. The second-order valence-corrected chi connectivity index (χ2v) is 8.35. The Morgan fingerprint density at radius 1 is 0.838 bits per heavy atom. The first-order valence-electron chi connectivity index (χ1n) is 11.8. The predicted octanol–water partition coefficient (Wildman–Crippen LogP) is 5.13. The Kier molecular flexibility index (Phi) is 7.67. The lowest BCUT2D eigenvalue weighted by molar-refractivity contribution is -0.132. The molecule has 1 N–H and O–H groups in total. The van der Waals surface area contributed by atoms with Crippen molar-refractivity contribution >= 4 is 23.1 Å². The first-order chi connectivity index (χ1) is 17.9. The van der Waals surface area contributed by atoms with Crippen LogP contribution in [0.5, 0.6) is 23.0 Å². The summed E-state index contributed by atoms with van der Waals surface area (Å²) in [5.74, 6) is 0.134. The summed E-state index contributed by atoms with van der Waals surface area (Å²) >= 11 is 0. The Morgan fingerprint density at radius 2 is 1.46 bits per heavy atom. The summed E-state index contributed by atoms with van der Waals surface area (Å²) in [6.45, 7) is 2.59. The molecule has 1 heterocycles. The molecule has 37 heavy (non-hydrogen) atoms. The van der Waals surface area contributed by atoms with Crippen molar-refractivity contribution in [2.45, 2.75) is 19.4 Å². The number of ether oxygens (including phenoxy) is 4. The van der Waals surface area contributed by atoms with Crippen LogP contribution in [0.25, 0.3) is 5.76 Å². The van der Waals surface area contributed by atoms with Gasteiger partial charge in [-0.05, 0) is 66.6 Å². The van der Waals surface area contributed by atoms with Gasteiger partial charge in [0.1, 0.15) is 28.8 Å². The lowest BCUT2D eigenvalue weighted by Gasteiger charge is -2.26. The van der Waals surface area contributed by atoms with Crippen molar-refractivity contribution in [1.82, 2.24) is 0 Å². The van der Waals surface area contributed by atoms with E-state index in [1.165, 1.54) is 19.1 Å². The number of hydrogen-bond donors (Lipinski definition) is 1. The van der Waals surface area contributed by atoms with E-state index in [0.717, 1.165) is 6.42 Å². The molecule has 1 aliphatic heterocycles. The fourth-order valence-electron chi connectivity index (χ4n) is 4.27. The van der Waals surface area contributed by atoms with Gasteiger partial charge in [0, 0.05) is 5.69 Å². The molecule has 192 valence electrons. The molecule has 0 aliphatic carbocycles. The third-order valence-corrected chi connectivity index (χ3v) is 6.13. The maximum absolute atomic E-state index is 13.4. The number of carbonyl (C=O) groups excluding carboxylic acids is 2. The second kappa shape index (κ2) is 11.1. The number of aliphatic hydroxyl groups excluding tert-OH is 1. The van der Waals surface area contributed by atoms with Crippen molar-refractivity contribution in [3.8, 4) is 23.0 Å². The predicted molar refractivity (Wildman–Crippen MR) is 140 cm³/mol. The van der Waals surface area contributed by atoms with Crippen molar-refractivity contribution in [2.75, 3.05) is 32.8 Å². The molecule has 0 bridgehead atoms. The van der Waals surface area contributed by atoms with Crippen molar-refractivity contribution < 1.29 is 33.6 Å². The number of anilines is 1. The zero-order valence-electron chi connectivity index (χ0n) is 21.2. The molecule has 1 unspecified atom stereocenters. The SMILES string of the molecule is CCCOc1ccc(C2/C(=C(\O)c3cc(OC)ccc3OC)C(=O)C(=O)N2c2ccc(OC)cc2)cc1. The molecular formula is C29H29NO7. The molecule has 1 aliphatic rings. The molecule has 1 atom stereocenters. The van der Waals surface area contributed by atoms with E-state index in [2.05, 4.69) is 0 Å². The maximum atomic E-state index is 13.4. The maximum Gasteiger partial charge on any atom is 0.300 e. The highest BCUT2D eigenvalue weighted by atomic mass is 16.5. The summed E-state index contributed by atoms with van der Waals surface area (Å²) in [7, 11) is 4.50. The smallest absolute Gasteiger partial charge is 0.300 e. The molecule has 8 nitrogen and oxygen atoms in total. The van der Waals surface area contributed by atoms with E-state index in [1.54, 1.807) is 73.8 Å². The molecule has 1 saturated heterocycles. The number of benzene rings is 3. The van der Waals surface area contributed by atoms with Crippen LogP contribution in [0.15, 0.2) is 72.3 Å². The van der Waals surface area contributed by atoms with Gasteiger partial charge in [-0.1, -0.05) is 19.1 Å². The monoisotopic (exact) mass is 503 g/mol. The van der Waals surface area contributed by atoms with Crippen LogP contribution < -0.4 is 23.8 Å². The lowest BCUT2D eigenvalue weighted by atomic mass is 9.94. The first kappa shape index (κ1) is 25.6. The summed E-state index contributed by atoms with van der Waals surface area (Å²) in [6, 6.07) is 17.9. The number of methoxy groups -OCH3 is 3. The van der Waals surface area contributed by atoms with Crippen molar-refractivity contribution in [3.63, 3.8) is 0 Å². The lowest BCUT2D eigenvalue weighted by Crippen LogP contribution is -2.29. The zero-order valence-corrected chi connectivity index (χ0v) is 21.2. The molecule has 3 aromatic carbocycles. The Bertz CT molecular complexity index is 1310. The number of hydrogen-bond acceptors (Lipinski definition) is 7. The molecule has 4 rings (SSSR count). The Morgan fingerprint density at radius 3 is 2.05 bits per heavy atom. The third-order valence-electron chi connectivity index (χ3n) is 6.13. The van der Waals surface area contributed by atoms with E-state index in [-0.39, 0.29) is 16.9 Å². The minimum atomic E-state index is -0.899. The van der Waals surface area contributed by atoms with Crippen molar-refractivity contribution in [2.24, 2.45) is 0 Å². The molecule has 1 fully saturated rings. The summed E-state index contributed by atoms with van der Waals surface area (Å²) in [4.78, 5) is 28.2. The normalized spacial score (nSPS) is 16.5. The molecule has 3 aromatic rings. The number of carbonyl (C=O) groups is 2. The third kappa shape index (κ3) is 4.95. The van der Waals surface area contributed by atoms with Gasteiger partial charge >= 0.3 is 0 Å². The van der Waals surface area contributed by atoms with Gasteiger partial charge in [0.15, 0.2) is 0 Å². The largest absolute Gasteiger partial charge is 0.507 e. The molecule has 8 heteroatoms. The van der Waals surface area contributed by atoms with E-state index < -0.39 is 17.7 Å². The number of amides is 1. The average Bonchev–Trinajstić information content (AvgIpc) is 3.21. The van der Waals surface area contributed by atoms with Crippen LogP contribution >= 0.6 is 0 Å². The van der Waals surface area contributed by atoms with Crippen molar-refractivity contribution in [3.05, 3.63) is 83.4 Å². The highest BCUT2D eigenvalue weighted by Gasteiger charge is 2.47. The zero-order chi connectivity index (χ0) is 26.5. The average molecular weight is 504 g/mol. The van der Waals surface area contributed by atoms with Gasteiger partial charge in [-0.25, -0.2) is 0 Å². The van der Waals surface area contributed by atoms with Gasteiger partial charge in [-0.3, -0.25) is 14.5 Å². The van der Waals surface area contributed by atoms with E-state index in [1.807, 2.05) is 6.92 Å². The van der Waals surface area contributed by atoms with Crippen LogP contribution in [0.4, 0.5) is 5.69 Å². The second-order valence-electron chi connectivity index (χ2n) is 8.35. The molecule has 0 aromatic heterocycles. The van der Waals surface area contributed by atoms with Crippen LogP contribution in [0, 0.1) is 0 Å². The standard InChI is InChI=1S/C29H29NO7/c1-5-16-37-21-10-6-18(7-11-21)26-25(27(31)23-17-22(35-3)14-15-24(23)36-4)28(32)29(33)30(26)19-8-12-20(34-2)13-9-19/h6-15,17,26,31H,5,16H2,1-4H3/b27-25+. The quantitative estimate of drug-likeness (QED) is 0.246. The minimum absolute atomic E-state index is 0.0606. The van der Waals surface area contributed by atoms with Crippen LogP contribution in [-0.2, 0) is 9.59 Å². The van der Waals surface area contributed by atoms with Gasteiger partial charge in [0.2, 0.25) is 0 Å². The van der Waals surface area contributed by atoms with Crippen LogP contribution in [0.1, 0.15) is 30.5 Å². The fourth-order valence-corrected chi connectivity index (χ4v) is 4.27. The summed E-state index contributed by atoms with van der Waals surface area (Å²) in [6.07, 6.45) is 0.863. The van der Waals surface area contributed by atoms with E-state index in [4.69, 9.17) is 18.9 Å². The number of Topliss-reactive ketones (excluding diaryl/α,β-unsaturated/α-hetero) is 1. The molecule has 1 amide bonds. The topological polar surface area (TPSA) is 94.5 Å². The first-order valence-corrected chi connectivity index (χ1v) is 11.8. The molecular weight excluding hydrogens is 474 g/mol. The summed E-state index contributed by atoms with van der Waals surface area (Å²) < 4.78 is 21.7. The Labute approximate surface area is 215 Å². The number of aliphatic hydroxyl groups is 1. The van der Waals surface area contributed by atoms with E-state index in [9.17, 15) is 14.7 Å². The molecule has 0 spiro atoms. The van der Waals surface area contributed by atoms with Crippen molar-refractivity contribution in [1.29, 1.82) is 0 Å². The number of nitrogens with zero attached hydrogens (tertiary/aromatic N) is 1. The molecule has 0 saturated carbocycles. The van der Waals surface area contributed by atoms with Crippen LogP contribution in [0.2, 0.25) is 0 Å². The fraction of sp³-hybridized carbons (Fsp3) is 0.241. The van der Waals surface area contributed by atoms with Gasteiger partial charge in [0.25, 0.3) is 11.7 Å². The summed E-state index contributed by atoms with van der Waals surface area (Å²) in [5.41, 5.74) is 1.29. The minimum Gasteiger partial charge on any atom is -0.507 e. The van der Waals surface area contributed by atoms with Crippen LogP contribution in [-0.4, -0.2) is 44.7 Å². The molecule has 0 radical (unpaired) electrons. The van der Waals surface area contributed by atoms with Gasteiger partial charge in [-0.2, -0.15) is 0 Å². The number of ketones is 1.